The maximum absolute atomic E-state index is 10.7. The quantitative estimate of drug-likeness (QED) is 0.863. The third kappa shape index (κ3) is 2.63. The van der Waals surface area contributed by atoms with Crippen molar-refractivity contribution in [1.29, 1.82) is 0 Å². The summed E-state index contributed by atoms with van der Waals surface area (Å²) < 4.78 is 0. The normalized spacial score (nSPS) is 10.5. The Balaban J connectivity index is 3.06. The van der Waals surface area contributed by atoms with Crippen molar-refractivity contribution in [2.45, 2.75) is 19.9 Å². The minimum absolute atomic E-state index is 0.137. The van der Waals surface area contributed by atoms with E-state index in [-0.39, 0.29) is 10.6 Å². The van der Waals surface area contributed by atoms with Crippen LogP contribution in [0.2, 0.25) is 5.02 Å². The van der Waals surface area contributed by atoms with Crippen LogP contribution in [0.4, 0.5) is 5.69 Å². The van der Waals surface area contributed by atoms with E-state index >= 15 is 0 Å². The van der Waals surface area contributed by atoms with Gasteiger partial charge in [-0.05, 0) is 32.0 Å². The highest BCUT2D eigenvalue weighted by atomic mass is 35.5. The molecule has 0 fully saturated rings. The molecule has 3 nitrogen and oxygen atoms in total. The first kappa shape index (κ1) is 11.9. The van der Waals surface area contributed by atoms with Crippen LogP contribution in [-0.2, 0) is 0 Å². The van der Waals surface area contributed by atoms with E-state index in [2.05, 4.69) is 13.8 Å². The number of anilines is 1. The number of hydrogen-bond acceptors (Lipinski definition) is 2. The molecule has 1 aromatic carbocycles. The van der Waals surface area contributed by atoms with E-state index in [0.29, 0.717) is 6.04 Å². The summed E-state index contributed by atoms with van der Waals surface area (Å²) in [6.07, 6.45) is 0. The van der Waals surface area contributed by atoms with E-state index < -0.39 is 5.97 Å². The molecular weight excluding hydrogens is 214 g/mol. The third-order valence-corrected chi connectivity index (χ3v) is 2.68. The maximum Gasteiger partial charge on any atom is 0.337 e. The van der Waals surface area contributed by atoms with Gasteiger partial charge in [0.15, 0.2) is 0 Å². The molecule has 1 rings (SSSR count). The fourth-order valence-electron chi connectivity index (χ4n) is 1.19. The van der Waals surface area contributed by atoms with Gasteiger partial charge in [-0.1, -0.05) is 11.6 Å². The van der Waals surface area contributed by atoms with E-state index in [1.807, 2.05) is 11.9 Å². The lowest BCUT2D eigenvalue weighted by molar-refractivity contribution is 0.0697. The summed E-state index contributed by atoms with van der Waals surface area (Å²) in [5.41, 5.74) is 1.05. The van der Waals surface area contributed by atoms with E-state index in [9.17, 15) is 4.79 Å². The SMILES string of the molecule is CC(C)N(C)c1ccc(C(=O)O)c(Cl)c1. The van der Waals surface area contributed by atoms with Crippen LogP contribution in [0, 0.1) is 0 Å². The highest BCUT2D eigenvalue weighted by molar-refractivity contribution is 6.33. The van der Waals surface area contributed by atoms with Crippen LogP contribution in [0.3, 0.4) is 0 Å². The predicted molar refractivity (Wildman–Crippen MR) is 62.0 cm³/mol. The lowest BCUT2D eigenvalue weighted by Crippen LogP contribution is -2.25. The summed E-state index contributed by atoms with van der Waals surface area (Å²) in [5.74, 6) is -1.00. The number of aromatic carboxylic acids is 1. The molecule has 0 aromatic heterocycles. The Kier molecular flexibility index (Phi) is 3.58. The average molecular weight is 228 g/mol. The molecule has 0 aliphatic rings. The van der Waals surface area contributed by atoms with Crippen LogP contribution in [0.5, 0.6) is 0 Å². The fraction of sp³-hybridized carbons (Fsp3) is 0.364. The van der Waals surface area contributed by atoms with Crippen molar-refractivity contribution in [2.75, 3.05) is 11.9 Å². The lowest BCUT2D eigenvalue weighted by atomic mass is 10.2. The van der Waals surface area contributed by atoms with Gasteiger partial charge in [0.1, 0.15) is 0 Å². The molecule has 0 saturated heterocycles. The number of hydrogen-bond donors (Lipinski definition) is 1. The third-order valence-electron chi connectivity index (χ3n) is 2.36. The van der Waals surface area contributed by atoms with Crippen molar-refractivity contribution in [3.8, 4) is 0 Å². The monoisotopic (exact) mass is 227 g/mol. The highest BCUT2D eigenvalue weighted by Crippen LogP contribution is 2.24. The van der Waals surface area contributed by atoms with Crippen LogP contribution >= 0.6 is 11.6 Å². The van der Waals surface area contributed by atoms with E-state index in [1.54, 1.807) is 12.1 Å². The van der Waals surface area contributed by atoms with Gasteiger partial charge in [0.05, 0.1) is 10.6 Å². The molecule has 0 saturated carbocycles. The molecule has 0 bridgehead atoms. The van der Waals surface area contributed by atoms with E-state index in [0.717, 1.165) is 5.69 Å². The summed E-state index contributed by atoms with van der Waals surface area (Å²) in [6, 6.07) is 5.30. The Morgan fingerprint density at radius 3 is 2.47 bits per heavy atom. The Morgan fingerprint density at radius 2 is 2.07 bits per heavy atom. The Hall–Kier alpha value is -1.22. The standard InChI is InChI=1S/C11H14ClNO2/c1-7(2)13(3)8-4-5-9(11(14)15)10(12)6-8/h4-7H,1-3H3,(H,14,15). The molecule has 1 aromatic rings. The van der Waals surface area contributed by atoms with Gasteiger partial charge in [-0.25, -0.2) is 4.79 Å². The number of benzene rings is 1. The molecule has 0 radical (unpaired) electrons. The topological polar surface area (TPSA) is 40.5 Å². The fourth-order valence-corrected chi connectivity index (χ4v) is 1.45. The molecule has 0 aliphatic heterocycles. The Bertz CT molecular complexity index is 377. The van der Waals surface area contributed by atoms with Gasteiger partial charge in [-0.2, -0.15) is 0 Å². The van der Waals surface area contributed by atoms with Crippen molar-refractivity contribution in [3.63, 3.8) is 0 Å². The molecular formula is C11H14ClNO2. The van der Waals surface area contributed by atoms with Crippen LogP contribution in [0.1, 0.15) is 24.2 Å². The molecule has 0 amide bonds. The highest BCUT2D eigenvalue weighted by Gasteiger charge is 2.11. The van der Waals surface area contributed by atoms with Gasteiger partial charge in [0.25, 0.3) is 0 Å². The second-order valence-corrected chi connectivity index (χ2v) is 4.08. The lowest BCUT2D eigenvalue weighted by Gasteiger charge is -2.24. The van der Waals surface area contributed by atoms with Gasteiger partial charge in [-0.3, -0.25) is 0 Å². The molecule has 4 heteroatoms. The minimum Gasteiger partial charge on any atom is -0.478 e. The number of halogens is 1. The van der Waals surface area contributed by atoms with Gasteiger partial charge in [-0.15, -0.1) is 0 Å². The molecule has 0 spiro atoms. The van der Waals surface area contributed by atoms with E-state index in [4.69, 9.17) is 16.7 Å². The average Bonchev–Trinajstić information content (AvgIpc) is 2.15. The number of carbonyl (C=O) groups is 1. The predicted octanol–water partition coefficient (Wildman–Crippen LogP) is 2.88. The van der Waals surface area contributed by atoms with Crippen LogP contribution in [-0.4, -0.2) is 24.2 Å². The number of carboxylic acid groups (broad SMARTS) is 1. The molecule has 1 N–H and O–H groups in total. The van der Waals surface area contributed by atoms with Gasteiger partial charge in [0.2, 0.25) is 0 Å². The zero-order chi connectivity index (χ0) is 11.6. The number of rotatable bonds is 3. The first-order chi connectivity index (χ1) is 6.93. The summed E-state index contributed by atoms with van der Waals surface area (Å²) in [6.45, 7) is 4.11. The summed E-state index contributed by atoms with van der Waals surface area (Å²) in [4.78, 5) is 12.8. The number of nitrogens with zero attached hydrogens (tertiary/aromatic N) is 1. The number of carboxylic acids is 1. The van der Waals surface area contributed by atoms with Gasteiger partial charge < -0.3 is 10.0 Å². The minimum atomic E-state index is -1.00. The van der Waals surface area contributed by atoms with E-state index in [1.165, 1.54) is 6.07 Å². The summed E-state index contributed by atoms with van der Waals surface area (Å²) in [5, 5.41) is 9.08. The first-order valence-corrected chi connectivity index (χ1v) is 5.07. The van der Waals surface area contributed by atoms with Crippen LogP contribution in [0.25, 0.3) is 0 Å². The Labute approximate surface area is 94.3 Å². The molecule has 82 valence electrons. The smallest absolute Gasteiger partial charge is 0.337 e. The van der Waals surface area contributed by atoms with Crippen LogP contribution < -0.4 is 4.90 Å². The molecule has 0 atom stereocenters. The largest absolute Gasteiger partial charge is 0.478 e. The summed E-state index contributed by atoms with van der Waals surface area (Å²) in [7, 11) is 1.94. The first-order valence-electron chi connectivity index (χ1n) is 4.69. The molecule has 0 unspecified atom stereocenters. The zero-order valence-corrected chi connectivity index (χ0v) is 9.75. The molecule has 0 aliphatic carbocycles. The van der Waals surface area contributed by atoms with Crippen molar-refractivity contribution >= 4 is 23.3 Å². The Morgan fingerprint density at radius 1 is 1.47 bits per heavy atom. The zero-order valence-electron chi connectivity index (χ0n) is 8.99. The van der Waals surface area contributed by atoms with Crippen LogP contribution in [0.15, 0.2) is 18.2 Å². The van der Waals surface area contributed by atoms with Crippen molar-refractivity contribution in [1.82, 2.24) is 0 Å². The van der Waals surface area contributed by atoms with Crippen molar-refractivity contribution in [3.05, 3.63) is 28.8 Å². The van der Waals surface area contributed by atoms with Crippen molar-refractivity contribution < 1.29 is 9.90 Å². The van der Waals surface area contributed by atoms with Gasteiger partial charge >= 0.3 is 5.97 Å². The van der Waals surface area contributed by atoms with Gasteiger partial charge in [0, 0.05) is 18.8 Å². The maximum atomic E-state index is 10.7. The summed E-state index contributed by atoms with van der Waals surface area (Å²) >= 11 is 5.87. The molecule has 0 heterocycles. The second-order valence-electron chi connectivity index (χ2n) is 3.67. The molecule has 15 heavy (non-hydrogen) atoms. The van der Waals surface area contributed by atoms with Crippen molar-refractivity contribution in [2.24, 2.45) is 0 Å². The second kappa shape index (κ2) is 4.53.